The van der Waals surface area contributed by atoms with Gasteiger partial charge in [0.05, 0.1) is 0 Å². The number of hydrogen-bond acceptors (Lipinski definition) is 2. The molecule has 1 fully saturated rings. The van der Waals surface area contributed by atoms with E-state index < -0.39 is 0 Å². The number of piperidine rings is 1. The fourth-order valence-corrected chi connectivity index (χ4v) is 3.20. The molecular weight excluding hydrogens is 328 g/mol. The van der Waals surface area contributed by atoms with Crippen LogP contribution in [0.2, 0.25) is 0 Å². The summed E-state index contributed by atoms with van der Waals surface area (Å²) in [5.74, 6) is 0.00879. The Kier molecular flexibility index (Phi) is 5.22. The maximum absolute atomic E-state index is 12.6. The lowest BCUT2D eigenvalue weighted by Crippen LogP contribution is -2.45. The second-order valence-corrected chi connectivity index (χ2v) is 6.60. The summed E-state index contributed by atoms with van der Waals surface area (Å²) in [4.78, 5) is 18.7. The van der Waals surface area contributed by atoms with Crippen LogP contribution < -0.4 is 0 Å². The summed E-state index contributed by atoms with van der Waals surface area (Å²) in [5, 5.41) is 0.0885. The van der Waals surface area contributed by atoms with Gasteiger partial charge in [-0.25, -0.2) is 4.98 Å². The quantitative estimate of drug-likeness (QED) is 0.779. The summed E-state index contributed by atoms with van der Waals surface area (Å²) in [6.07, 6.45) is 5.76. The minimum atomic E-state index is 0.00879. The number of halogens is 2. The van der Waals surface area contributed by atoms with E-state index in [9.17, 15) is 4.79 Å². The Morgan fingerprint density at radius 2 is 2.42 bits per heavy atom. The minimum absolute atomic E-state index is 0.00879. The first-order chi connectivity index (χ1) is 9.09. The Morgan fingerprint density at radius 3 is 3.11 bits per heavy atom. The van der Waals surface area contributed by atoms with Crippen molar-refractivity contribution in [2.75, 3.05) is 6.54 Å². The van der Waals surface area contributed by atoms with Crippen LogP contribution in [0.5, 0.6) is 0 Å². The summed E-state index contributed by atoms with van der Waals surface area (Å²) < 4.78 is 0.753. The molecule has 0 N–H and O–H groups in total. The molecule has 0 spiro atoms. The first-order valence-corrected chi connectivity index (χ1v) is 7.88. The van der Waals surface area contributed by atoms with Gasteiger partial charge in [0.25, 0.3) is 5.91 Å². The lowest BCUT2D eigenvalue weighted by Gasteiger charge is -2.36. The highest BCUT2D eigenvalue weighted by Crippen LogP contribution is 2.25. The van der Waals surface area contributed by atoms with E-state index in [-0.39, 0.29) is 17.3 Å². The van der Waals surface area contributed by atoms with Crippen molar-refractivity contribution in [2.24, 2.45) is 0 Å². The summed E-state index contributed by atoms with van der Waals surface area (Å²) >= 11 is 9.49. The second-order valence-electron chi connectivity index (χ2n) is 5.00. The molecule has 2 unspecified atom stereocenters. The van der Waals surface area contributed by atoms with Crippen LogP contribution in [-0.2, 0) is 0 Å². The zero-order valence-electron chi connectivity index (χ0n) is 11.0. The number of hydrogen-bond donors (Lipinski definition) is 0. The van der Waals surface area contributed by atoms with E-state index in [0.29, 0.717) is 5.69 Å². The summed E-state index contributed by atoms with van der Waals surface area (Å²) in [7, 11) is 0. The van der Waals surface area contributed by atoms with Gasteiger partial charge >= 0.3 is 0 Å². The molecule has 1 aliphatic rings. The maximum atomic E-state index is 12.6. The number of alkyl halides is 1. The lowest BCUT2D eigenvalue weighted by atomic mass is 9.97. The van der Waals surface area contributed by atoms with Crippen molar-refractivity contribution in [1.82, 2.24) is 9.88 Å². The zero-order valence-corrected chi connectivity index (χ0v) is 13.3. The maximum Gasteiger partial charge on any atom is 0.273 e. The number of nitrogens with zero attached hydrogens (tertiary/aromatic N) is 2. The molecule has 1 saturated heterocycles. The highest BCUT2D eigenvalue weighted by Gasteiger charge is 2.29. The standard InChI is InChI=1S/C14H18BrClN2O/c1-10(16)9-11-5-2-3-8-18(11)14(19)13-12(15)6-4-7-17-13/h4,6-7,10-11H,2-3,5,8-9H2,1H3. The molecule has 104 valence electrons. The summed E-state index contributed by atoms with van der Waals surface area (Å²) in [6, 6.07) is 3.90. The zero-order chi connectivity index (χ0) is 13.8. The van der Waals surface area contributed by atoms with E-state index in [1.54, 1.807) is 6.20 Å². The molecule has 3 nitrogen and oxygen atoms in total. The molecule has 0 saturated carbocycles. The molecule has 1 amide bonds. The van der Waals surface area contributed by atoms with Crippen molar-refractivity contribution < 1.29 is 4.79 Å². The van der Waals surface area contributed by atoms with Gasteiger partial charge in [0.15, 0.2) is 0 Å². The number of carbonyl (C=O) groups excluding carboxylic acids is 1. The van der Waals surface area contributed by atoms with Crippen LogP contribution in [0.4, 0.5) is 0 Å². The van der Waals surface area contributed by atoms with Gasteiger partial charge in [-0.2, -0.15) is 0 Å². The Morgan fingerprint density at radius 1 is 1.63 bits per heavy atom. The van der Waals surface area contributed by atoms with Gasteiger partial charge in [-0.15, -0.1) is 11.6 Å². The third-order valence-electron chi connectivity index (χ3n) is 3.45. The number of pyridine rings is 1. The summed E-state index contributed by atoms with van der Waals surface area (Å²) in [6.45, 7) is 2.78. The SMILES string of the molecule is CC(Cl)CC1CCCCN1C(=O)c1ncccc1Br. The van der Waals surface area contributed by atoms with Crippen molar-refractivity contribution >= 4 is 33.4 Å². The van der Waals surface area contributed by atoms with Gasteiger partial charge in [0.1, 0.15) is 5.69 Å². The van der Waals surface area contributed by atoms with Gasteiger partial charge < -0.3 is 4.90 Å². The van der Waals surface area contributed by atoms with Gasteiger partial charge in [-0.3, -0.25) is 4.79 Å². The molecule has 0 radical (unpaired) electrons. The monoisotopic (exact) mass is 344 g/mol. The van der Waals surface area contributed by atoms with Crippen LogP contribution in [0.25, 0.3) is 0 Å². The number of carbonyl (C=O) groups is 1. The van der Waals surface area contributed by atoms with Gasteiger partial charge in [0, 0.05) is 28.6 Å². The molecular formula is C14H18BrClN2O. The predicted molar refractivity (Wildman–Crippen MR) is 80.5 cm³/mol. The molecule has 1 aliphatic heterocycles. The minimum Gasteiger partial charge on any atom is -0.334 e. The Bertz CT molecular complexity index is 453. The van der Waals surface area contributed by atoms with Crippen LogP contribution in [0.15, 0.2) is 22.8 Å². The third kappa shape index (κ3) is 3.69. The van der Waals surface area contributed by atoms with E-state index in [4.69, 9.17) is 11.6 Å². The number of rotatable bonds is 3. The van der Waals surface area contributed by atoms with Crippen LogP contribution in [0, 0.1) is 0 Å². The Labute approximate surface area is 127 Å². The molecule has 2 atom stereocenters. The molecule has 1 aromatic heterocycles. The molecule has 19 heavy (non-hydrogen) atoms. The third-order valence-corrected chi connectivity index (χ3v) is 4.26. The van der Waals surface area contributed by atoms with Crippen molar-refractivity contribution in [1.29, 1.82) is 0 Å². The Hall–Kier alpha value is -0.610. The normalized spacial score (nSPS) is 21.2. The second kappa shape index (κ2) is 6.71. The molecule has 2 heterocycles. The lowest BCUT2D eigenvalue weighted by molar-refractivity contribution is 0.0595. The van der Waals surface area contributed by atoms with Crippen LogP contribution in [0.1, 0.15) is 43.1 Å². The number of aromatic nitrogens is 1. The highest BCUT2D eigenvalue weighted by molar-refractivity contribution is 9.10. The van der Waals surface area contributed by atoms with E-state index in [1.807, 2.05) is 24.0 Å². The van der Waals surface area contributed by atoms with E-state index in [1.165, 1.54) is 6.42 Å². The molecule has 1 aromatic rings. The van der Waals surface area contributed by atoms with Gasteiger partial charge in [-0.05, 0) is 60.7 Å². The van der Waals surface area contributed by atoms with Gasteiger partial charge in [-0.1, -0.05) is 0 Å². The molecule has 0 bridgehead atoms. The molecule has 0 aromatic carbocycles. The largest absolute Gasteiger partial charge is 0.334 e. The van der Waals surface area contributed by atoms with Crippen LogP contribution in [0.3, 0.4) is 0 Å². The van der Waals surface area contributed by atoms with Gasteiger partial charge in [0.2, 0.25) is 0 Å². The first kappa shape index (κ1) is 14.8. The molecule has 5 heteroatoms. The molecule has 0 aliphatic carbocycles. The summed E-state index contributed by atoms with van der Waals surface area (Å²) in [5.41, 5.74) is 0.497. The van der Waals surface area contributed by atoms with Crippen molar-refractivity contribution in [2.45, 2.75) is 44.0 Å². The Balaban J connectivity index is 2.18. The smallest absolute Gasteiger partial charge is 0.273 e. The van der Waals surface area contributed by atoms with Crippen molar-refractivity contribution in [3.63, 3.8) is 0 Å². The molecule has 2 rings (SSSR count). The van der Waals surface area contributed by atoms with E-state index in [2.05, 4.69) is 20.9 Å². The van der Waals surface area contributed by atoms with E-state index in [0.717, 1.165) is 30.3 Å². The number of amides is 1. The van der Waals surface area contributed by atoms with Crippen LogP contribution >= 0.6 is 27.5 Å². The average molecular weight is 346 g/mol. The fourth-order valence-electron chi connectivity index (χ4n) is 2.57. The predicted octanol–water partition coefficient (Wildman–Crippen LogP) is 3.86. The number of likely N-dealkylation sites (tertiary alicyclic amines) is 1. The van der Waals surface area contributed by atoms with E-state index >= 15 is 0 Å². The average Bonchev–Trinajstić information content (AvgIpc) is 2.38. The first-order valence-electron chi connectivity index (χ1n) is 6.65. The van der Waals surface area contributed by atoms with Crippen LogP contribution in [-0.4, -0.2) is 33.8 Å². The topological polar surface area (TPSA) is 33.2 Å². The highest BCUT2D eigenvalue weighted by atomic mass is 79.9. The van der Waals surface area contributed by atoms with Crippen molar-refractivity contribution in [3.8, 4) is 0 Å². The fraction of sp³-hybridized carbons (Fsp3) is 0.571. The van der Waals surface area contributed by atoms with Crippen molar-refractivity contribution in [3.05, 3.63) is 28.5 Å².